The number of rotatable bonds is 8. The molecule has 0 bridgehead atoms. The van der Waals surface area contributed by atoms with Gasteiger partial charge in [0.2, 0.25) is 0 Å². The van der Waals surface area contributed by atoms with E-state index in [0.717, 1.165) is 0 Å². The van der Waals surface area contributed by atoms with E-state index in [0.29, 0.717) is 43.2 Å². The Morgan fingerprint density at radius 2 is 1.92 bits per heavy atom. The lowest BCUT2D eigenvalue weighted by Crippen LogP contribution is -2.30. The molecule has 1 aromatic carbocycles. The molecular weight excluding hydrogens is 328 g/mol. The first kappa shape index (κ1) is 18.2. The van der Waals surface area contributed by atoms with E-state index >= 15 is 0 Å². The van der Waals surface area contributed by atoms with Crippen LogP contribution in [0, 0.1) is 0 Å². The molecule has 0 saturated carbocycles. The molecule has 0 atom stereocenters. The number of nitrogens with one attached hydrogen (secondary N) is 5. The summed E-state index contributed by atoms with van der Waals surface area (Å²) in [6, 6.07) is 6.11. The van der Waals surface area contributed by atoms with E-state index in [1.165, 1.54) is 0 Å². The molecule has 0 aliphatic heterocycles. The minimum atomic E-state index is -0.393. The topological polar surface area (TPSA) is 141 Å². The second-order valence-corrected chi connectivity index (χ2v) is 5.08. The number of urea groups is 1. The number of anilines is 1. The molecule has 2 rings (SSSR count). The fourth-order valence-corrected chi connectivity index (χ4v) is 1.97. The number of amides is 3. The zero-order valence-corrected chi connectivity index (χ0v) is 13.7. The van der Waals surface area contributed by atoms with E-state index in [-0.39, 0.29) is 11.6 Å². The molecular formula is C15H20N6O4. The Kier molecular flexibility index (Phi) is 6.72. The summed E-state index contributed by atoms with van der Waals surface area (Å²) in [7, 11) is 1.56. The molecule has 134 valence electrons. The molecule has 0 radical (unpaired) electrons. The predicted octanol–water partition coefficient (Wildman–Crippen LogP) is -0.162. The van der Waals surface area contributed by atoms with Crippen LogP contribution in [0.5, 0.6) is 0 Å². The minimum Gasteiger partial charge on any atom is -0.383 e. The smallest absolute Gasteiger partial charge is 0.340 e. The average Bonchev–Trinajstić information content (AvgIpc) is 3.01. The molecule has 0 unspecified atom stereocenters. The van der Waals surface area contributed by atoms with Gasteiger partial charge in [-0.2, -0.15) is 5.10 Å². The fraction of sp³-hybridized carbons (Fsp3) is 0.333. The number of carbonyl (C=O) groups is 2. The first-order chi connectivity index (χ1) is 12.1. The van der Waals surface area contributed by atoms with Crippen molar-refractivity contribution < 1.29 is 14.3 Å². The van der Waals surface area contributed by atoms with E-state index in [9.17, 15) is 14.4 Å². The van der Waals surface area contributed by atoms with Crippen LogP contribution in [0.1, 0.15) is 16.2 Å². The number of ether oxygens (including phenoxy) is 1. The Morgan fingerprint density at radius 3 is 2.56 bits per heavy atom. The summed E-state index contributed by atoms with van der Waals surface area (Å²) < 4.78 is 4.86. The van der Waals surface area contributed by atoms with Crippen LogP contribution in [-0.4, -0.2) is 53.9 Å². The van der Waals surface area contributed by atoms with Gasteiger partial charge in [0.1, 0.15) is 5.82 Å². The van der Waals surface area contributed by atoms with E-state index in [4.69, 9.17) is 4.74 Å². The number of carbonyl (C=O) groups excluding carboxylic acids is 2. The predicted molar refractivity (Wildman–Crippen MR) is 90.6 cm³/mol. The van der Waals surface area contributed by atoms with Crippen molar-refractivity contribution in [2.45, 2.75) is 6.42 Å². The van der Waals surface area contributed by atoms with Gasteiger partial charge in [0.25, 0.3) is 5.91 Å². The van der Waals surface area contributed by atoms with Gasteiger partial charge in [0, 0.05) is 37.9 Å². The Balaban J connectivity index is 1.75. The van der Waals surface area contributed by atoms with Crippen LogP contribution in [0.15, 0.2) is 29.1 Å². The molecule has 0 aliphatic rings. The third-order valence-corrected chi connectivity index (χ3v) is 3.19. The summed E-state index contributed by atoms with van der Waals surface area (Å²) in [6.45, 7) is 1.18. The lowest BCUT2D eigenvalue weighted by atomic mass is 10.2. The van der Waals surface area contributed by atoms with E-state index in [1.807, 2.05) is 0 Å². The molecule has 0 aliphatic carbocycles. The maximum absolute atomic E-state index is 11.8. The Labute approximate surface area is 143 Å². The summed E-state index contributed by atoms with van der Waals surface area (Å²) in [6.07, 6.45) is 0.396. The van der Waals surface area contributed by atoms with Crippen molar-refractivity contribution in [1.29, 1.82) is 0 Å². The maximum atomic E-state index is 11.8. The van der Waals surface area contributed by atoms with Gasteiger partial charge in [-0.3, -0.25) is 9.78 Å². The summed E-state index contributed by atoms with van der Waals surface area (Å²) in [4.78, 5) is 37.0. The number of benzene rings is 1. The van der Waals surface area contributed by atoms with Crippen LogP contribution in [0.2, 0.25) is 0 Å². The third-order valence-electron chi connectivity index (χ3n) is 3.19. The molecule has 5 N–H and O–H groups in total. The van der Waals surface area contributed by atoms with Crippen LogP contribution in [0.3, 0.4) is 0 Å². The third kappa shape index (κ3) is 6.11. The van der Waals surface area contributed by atoms with Gasteiger partial charge in [-0.05, 0) is 24.3 Å². The zero-order valence-electron chi connectivity index (χ0n) is 13.7. The van der Waals surface area contributed by atoms with Crippen LogP contribution in [0.4, 0.5) is 10.5 Å². The number of H-pyrrole nitrogens is 2. The highest BCUT2D eigenvalue weighted by Gasteiger charge is 2.06. The van der Waals surface area contributed by atoms with Crippen LogP contribution >= 0.6 is 0 Å². The average molecular weight is 348 g/mol. The quantitative estimate of drug-likeness (QED) is 0.422. The van der Waals surface area contributed by atoms with E-state index < -0.39 is 6.03 Å². The van der Waals surface area contributed by atoms with Gasteiger partial charge in [0.15, 0.2) is 0 Å². The van der Waals surface area contributed by atoms with Gasteiger partial charge >= 0.3 is 11.7 Å². The Bertz CT molecular complexity index is 752. The number of nitrogens with zero attached hydrogens (tertiary/aromatic N) is 1. The Morgan fingerprint density at radius 1 is 1.16 bits per heavy atom. The van der Waals surface area contributed by atoms with E-state index in [1.54, 1.807) is 31.4 Å². The highest BCUT2D eigenvalue weighted by molar-refractivity contribution is 5.95. The second kappa shape index (κ2) is 9.23. The molecule has 25 heavy (non-hydrogen) atoms. The largest absolute Gasteiger partial charge is 0.383 e. The fourth-order valence-electron chi connectivity index (χ4n) is 1.97. The highest BCUT2D eigenvalue weighted by Crippen LogP contribution is 2.09. The van der Waals surface area contributed by atoms with Crippen molar-refractivity contribution in [3.05, 3.63) is 46.1 Å². The van der Waals surface area contributed by atoms with Crippen molar-refractivity contribution in [2.24, 2.45) is 0 Å². The standard InChI is InChI=1S/C15H20N6O4/c1-25-9-8-16-13(22)10-2-4-11(5-3-10)18-14(23)17-7-6-12-19-15(24)21-20-12/h2-5H,6-9H2,1H3,(H,16,22)(H2,17,18,23)(H2,19,20,21,24). The van der Waals surface area contributed by atoms with Crippen LogP contribution in [-0.2, 0) is 11.2 Å². The normalized spacial score (nSPS) is 10.3. The molecule has 0 saturated heterocycles. The number of aromatic amines is 2. The van der Waals surface area contributed by atoms with Gasteiger partial charge in [0.05, 0.1) is 6.61 Å². The van der Waals surface area contributed by atoms with Crippen molar-refractivity contribution >= 4 is 17.6 Å². The SMILES string of the molecule is COCCNC(=O)c1ccc(NC(=O)NCCc2n[nH]c(=O)[nH]2)cc1. The lowest BCUT2D eigenvalue weighted by molar-refractivity contribution is 0.0937. The first-order valence-corrected chi connectivity index (χ1v) is 7.64. The summed E-state index contributed by atoms with van der Waals surface area (Å²) in [5.74, 6) is 0.259. The molecule has 10 heteroatoms. The molecule has 0 fully saturated rings. The summed E-state index contributed by atoms with van der Waals surface area (Å²) >= 11 is 0. The van der Waals surface area contributed by atoms with Crippen LogP contribution < -0.4 is 21.6 Å². The minimum absolute atomic E-state index is 0.207. The van der Waals surface area contributed by atoms with Gasteiger partial charge in [-0.25, -0.2) is 14.7 Å². The summed E-state index contributed by atoms with van der Waals surface area (Å²) in [5.41, 5.74) is 0.662. The number of hydrogen-bond acceptors (Lipinski definition) is 5. The lowest BCUT2D eigenvalue weighted by Gasteiger charge is -2.08. The number of aromatic nitrogens is 3. The van der Waals surface area contributed by atoms with Crippen molar-refractivity contribution in [3.63, 3.8) is 0 Å². The van der Waals surface area contributed by atoms with Gasteiger partial charge in [-0.15, -0.1) is 0 Å². The van der Waals surface area contributed by atoms with Crippen molar-refractivity contribution in [1.82, 2.24) is 25.8 Å². The van der Waals surface area contributed by atoms with Crippen molar-refractivity contribution in [3.8, 4) is 0 Å². The maximum Gasteiger partial charge on any atom is 0.340 e. The Hall–Kier alpha value is -3.14. The zero-order chi connectivity index (χ0) is 18.1. The van der Waals surface area contributed by atoms with Crippen molar-refractivity contribution in [2.75, 3.05) is 32.1 Å². The molecule has 2 aromatic rings. The monoisotopic (exact) mass is 348 g/mol. The molecule has 1 heterocycles. The highest BCUT2D eigenvalue weighted by atomic mass is 16.5. The molecule has 0 spiro atoms. The molecule has 3 amide bonds. The molecule has 1 aromatic heterocycles. The van der Waals surface area contributed by atoms with Gasteiger partial charge in [-0.1, -0.05) is 0 Å². The van der Waals surface area contributed by atoms with Crippen LogP contribution in [0.25, 0.3) is 0 Å². The second-order valence-electron chi connectivity index (χ2n) is 5.08. The number of hydrogen-bond donors (Lipinski definition) is 5. The first-order valence-electron chi connectivity index (χ1n) is 7.64. The summed E-state index contributed by atoms with van der Waals surface area (Å²) in [5, 5.41) is 14.0. The number of methoxy groups -OCH3 is 1. The molecule has 10 nitrogen and oxygen atoms in total. The van der Waals surface area contributed by atoms with Gasteiger partial charge < -0.3 is 20.7 Å². The van der Waals surface area contributed by atoms with E-state index in [2.05, 4.69) is 31.1 Å².